The fourth-order valence-electron chi connectivity index (χ4n) is 3.80. The van der Waals surface area contributed by atoms with Gasteiger partial charge in [0.2, 0.25) is 0 Å². The number of amides is 1. The van der Waals surface area contributed by atoms with Crippen LogP contribution in [-0.2, 0) is 11.8 Å². The Morgan fingerprint density at radius 3 is 3.03 bits per heavy atom. The van der Waals surface area contributed by atoms with Gasteiger partial charge in [0.15, 0.2) is 10.8 Å². The zero-order valence-corrected chi connectivity index (χ0v) is 17.1. The Balaban J connectivity index is 1.55. The minimum atomic E-state index is -0.114. The summed E-state index contributed by atoms with van der Waals surface area (Å²) in [4.78, 5) is 24.5. The third-order valence-electron chi connectivity index (χ3n) is 5.28. The highest BCUT2D eigenvalue weighted by atomic mass is 32.1. The number of hydrogen-bond donors (Lipinski definition) is 0. The monoisotopic (exact) mass is 407 g/mol. The van der Waals surface area contributed by atoms with Gasteiger partial charge in [-0.3, -0.25) is 14.4 Å². The van der Waals surface area contributed by atoms with Crippen LogP contribution in [0.5, 0.6) is 0 Å². The zero-order valence-electron chi connectivity index (χ0n) is 16.3. The van der Waals surface area contributed by atoms with Crippen molar-refractivity contribution in [2.24, 2.45) is 7.05 Å². The minimum Gasteiger partial charge on any atom is -0.376 e. The van der Waals surface area contributed by atoms with E-state index in [2.05, 4.69) is 10.1 Å². The molecule has 1 atom stereocenters. The summed E-state index contributed by atoms with van der Waals surface area (Å²) in [6, 6.07) is 9.82. The van der Waals surface area contributed by atoms with Gasteiger partial charge in [-0.1, -0.05) is 23.5 Å². The third kappa shape index (κ3) is 3.28. The van der Waals surface area contributed by atoms with Gasteiger partial charge >= 0.3 is 0 Å². The Bertz CT molecular complexity index is 1180. The van der Waals surface area contributed by atoms with E-state index in [0.29, 0.717) is 17.2 Å². The van der Waals surface area contributed by atoms with E-state index in [1.165, 1.54) is 11.3 Å². The largest absolute Gasteiger partial charge is 0.376 e. The molecular weight excluding hydrogens is 386 g/mol. The van der Waals surface area contributed by atoms with Crippen molar-refractivity contribution in [2.75, 3.05) is 18.1 Å². The maximum atomic E-state index is 13.5. The molecule has 1 aliphatic rings. The highest BCUT2D eigenvalue weighted by Crippen LogP contribution is 2.31. The molecule has 8 heteroatoms. The summed E-state index contributed by atoms with van der Waals surface area (Å²) in [5.41, 5.74) is 3.06. The third-order valence-corrected chi connectivity index (χ3v) is 6.34. The van der Waals surface area contributed by atoms with Crippen molar-refractivity contribution in [3.05, 3.63) is 47.8 Å². The first-order valence-electron chi connectivity index (χ1n) is 9.68. The van der Waals surface area contributed by atoms with E-state index >= 15 is 0 Å². The van der Waals surface area contributed by atoms with Crippen LogP contribution in [0.1, 0.15) is 28.9 Å². The number of fused-ring (bicyclic) bond motifs is 2. The second-order valence-electron chi connectivity index (χ2n) is 7.32. The molecule has 5 rings (SSSR count). The van der Waals surface area contributed by atoms with Gasteiger partial charge in [-0.15, -0.1) is 0 Å². The molecule has 0 radical (unpaired) electrons. The second kappa shape index (κ2) is 7.20. The molecule has 4 heterocycles. The fourth-order valence-corrected chi connectivity index (χ4v) is 4.77. The molecule has 0 N–H and O–H groups in total. The Morgan fingerprint density at radius 2 is 2.24 bits per heavy atom. The summed E-state index contributed by atoms with van der Waals surface area (Å²) in [6.45, 7) is 3.16. The van der Waals surface area contributed by atoms with Crippen LogP contribution in [0.4, 0.5) is 5.13 Å². The number of anilines is 1. The van der Waals surface area contributed by atoms with Gasteiger partial charge in [0.1, 0.15) is 0 Å². The number of hydrogen-bond acceptors (Lipinski definition) is 6. The molecule has 1 unspecified atom stereocenters. The van der Waals surface area contributed by atoms with Crippen molar-refractivity contribution < 1.29 is 9.53 Å². The van der Waals surface area contributed by atoms with Crippen molar-refractivity contribution >= 4 is 43.6 Å². The van der Waals surface area contributed by atoms with Crippen molar-refractivity contribution in [3.8, 4) is 0 Å². The Kier molecular flexibility index (Phi) is 4.52. The predicted molar refractivity (Wildman–Crippen MR) is 114 cm³/mol. The van der Waals surface area contributed by atoms with E-state index in [4.69, 9.17) is 9.72 Å². The maximum absolute atomic E-state index is 13.5. The molecule has 1 amide bonds. The quantitative estimate of drug-likeness (QED) is 0.516. The summed E-state index contributed by atoms with van der Waals surface area (Å²) >= 11 is 1.52. The molecule has 1 fully saturated rings. The van der Waals surface area contributed by atoms with Crippen molar-refractivity contribution in [1.82, 2.24) is 19.7 Å². The first-order chi connectivity index (χ1) is 14.1. The van der Waals surface area contributed by atoms with E-state index in [1.54, 1.807) is 15.8 Å². The molecule has 0 spiro atoms. The van der Waals surface area contributed by atoms with Gasteiger partial charge in [-0.25, -0.2) is 9.97 Å². The normalized spacial score (nSPS) is 16.7. The molecule has 7 nitrogen and oxygen atoms in total. The smallest absolute Gasteiger partial charge is 0.261 e. The molecule has 148 valence electrons. The van der Waals surface area contributed by atoms with E-state index in [9.17, 15) is 4.79 Å². The number of ether oxygens (including phenoxy) is 1. The Hall–Kier alpha value is -2.84. The van der Waals surface area contributed by atoms with Crippen molar-refractivity contribution in [1.29, 1.82) is 0 Å². The molecule has 0 bridgehead atoms. The number of benzene rings is 1. The number of rotatable bonds is 4. The summed E-state index contributed by atoms with van der Waals surface area (Å²) < 4.78 is 8.60. The lowest BCUT2D eigenvalue weighted by Gasteiger charge is -2.23. The molecule has 1 aromatic carbocycles. The predicted octanol–water partition coefficient (Wildman–Crippen LogP) is 3.71. The van der Waals surface area contributed by atoms with Crippen LogP contribution in [-0.4, -0.2) is 44.9 Å². The van der Waals surface area contributed by atoms with Crippen LogP contribution < -0.4 is 4.90 Å². The highest BCUT2D eigenvalue weighted by molar-refractivity contribution is 7.22. The summed E-state index contributed by atoms with van der Waals surface area (Å²) in [6.07, 6.45) is 3.63. The van der Waals surface area contributed by atoms with Crippen molar-refractivity contribution in [2.45, 2.75) is 25.9 Å². The molecule has 0 saturated carbocycles. The zero-order chi connectivity index (χ0) is 20.0. The fraction of sp³-hybridized carbons (Fsp3) is 0.333. The molecular formula is C21H21N5O2S. The SMILES string of the molecule is Cc1nn(C)c2ncc(C(=O)N(CC3CCCO3)c3nc4ccccc4s3)cc12. The summed E-state index contributed by atoms with van der Waals surface area (Å²) in [5.74, 6) is -0.114. The van der Waals surface area contributed by atoms with Gasteiger partial charge in [-0.05, 0) is 38.0 Å². The van der Waals surface area contributed by atoms with Crippen LogP contribution in [0.15, 0.2) is 36.5 Å². The number of pyridine rings is 1. The lowest BCUT2D eigenvalue weighted by Crippen LogP contribution is -2.37. The van der Waals surface area contributed by atoms with Crippen molar-refractivity contribution in [3.63, 3.8) is 0 Å². The average Bonchev–Trinajstić information content (AvgIpc) is 3.45. The van der Waals surface area contributed by atoms with Gasteiger partial charge in [0.05, 0.1) is 34.1 Å². The first-order valence-corrected chi connectivity index (χ1v) is 10.5. The molecule has 29 heavy (non-hydrogen) atoms. The van der Waals surface area contributed by atoms with E-state index in [-0.39, 0.29) is 12.0 Å². The highest BCUT2D eigenvalue weighted by Gasteiger charge is 2.27. The number of aromatic nitrogens is 4. The van der Waals surface area contributed by atoms with Gasteiger partial charge < -0.3 is 4.74 Å². The Morgan fingerprint density at radius 1 is 1.38 bits per heavy atom. The number of thiazole rings is 1. The van der Waals surface area contributed by atoms with Gasteiger partial charge in [0.25, 0.3) is 5.91 Å². The lowest BCUT2D eigenvalue weighted by molar-refractivity contribution is 0.0917. The van der Waals surface area contributed by atoms with Crippen LogP contribution in [0.3, 0.4) is 0 Å². The van der Waals surface area contributed by atoms with Crippen LogP contribution in [0.25, 0.3) is 21.3 Å². The van der Waals surface area contributed by atoms with Crippen LogP contribution in [0.2, 0.25) is 0 Å². The number of para-hydroxylation sites is 1. The van der Waals surface area contributed by atoms with Gasteiger partial charge in [0, 0.05) is 25.2 Å². The molecule has 4 aromatic rings. The Labute approximate surface area is 171 Å². The summed E-state index contributed by atoms with van der Waals surface area (Å²) in [7, 11) is 1.86. The number of carbonyl (C=O) groups is 1. The van der Waals surface area contributed by atoms with E-state index in [1.807, 2.05) is 44.3 Å². The molecule has 1 aliphatic heterocycles. The molecule has 3 aromatic heterocycles. The number of nitrogens with zero attached hydrogens (tertiary/aromatic N) is 5. The number of carbonyl (C=O) groups excluding carboxylic acids is 1. The lowest BCUT2D eigenvalue weighted by atomic mass is 10.1. The average molecular weight is 407 g/mol. The van der Waals surface area contributed by atoms with E-state index < -0.39 is 0 Å². The number of aryl methyl sites for hydroxylation is 2. The van der Waals surface area contributed by atoms with Gasteiger partial charge in [-0.2, -0.15) is 5.10 Å². The van der Waals surface area contributed by atoms with Crippen LogP contribution >= 0.6 is 11.3 Å². The molecule has 0 aliphatic carbocycles. The minimum absolute atomic E-state index is 0.0304. The van der Waals surface area contributed by atoms with Crippen LogP contribution in [0, 0.1) is 6.92 Å². The second-order valence-corrected chi connectivity index (χ2v) is 8.33. The summed E-state index contributed by atoms with van der Waals surface area (Å²) in [5, 5.41) is 5.98. The maximum Gasteiger partial charge on any atom is 0.261 e. The topological polar surface area (TPSA) is 73.1 Å². The van der Waals surface area contributed by atoms with E-state index in [0.717, 1.165) is 46.4 Å². The first kappa shape index (κ1) is 18.2. The molecule has 1 saturated heterocycles. The standard InChI is InChI=1S/C21H21N5O2S/c1-13-16-10-14(11-22-19(16)25(2)24-13)20(27)26(12-15-6-5-9-28-15)21-23-17-7-3-4-8-18(17)29-21/h3-4,7-8,10-11,15H,5-6,9,12H2,1-2H3.